The van der Waals surface area contributed by atoms with Crippen molar-refractivity contribution in [2.75, 3.05) is 13.2 Å². The Bertz CT molecular complexity index is 501. The van der Waals surface area contributed by atoms with Crippen molar-refractivity contribution >= 4 is 0 Å². The zero-order valence-corrected chi connectivity index (χ0v) is 15.7. The molecule has 3 rings (SSSR count). The van der Waals surface area contributed by atoms with Gasteiger partial charge in [0.25, 0.3) is 0 Å². The molecule has 0 aliphatic carbocycles. The van der Waals surface area contributed by atoms with Crippen LogP contribution >= 0.6 is 0 Å². The van der Waals surface area contributed by atoms with Crippen LogP contribution in [0, 0.1) is 0 Å². The molecule has 1 aromatic carbocycles. The minimum atomic E-state index is -0.669. The van der Waals surface area contributed by atoms with Gasteiger partial charge in [-0.15, -0.1) is 0 Å². The Labute approximate surface area is 152 Å². The maximum atomic E-state index is 11.3. The minimum Gasteiger partial charge on any atom is -0.390 e. The summed E-state index contributed by atoms with van der Waals surface area (Å²) in [5.74, 6) is 0. The number of nitrogens with zero attached hydrogens (tertiary/aromatic N) is 1. The van der Waals surface area contributed by atoms with Gasteiger partial charge in [-0.1, -0.05) is 36.8 Å². The minimum absolute atomic E-state index is 0.290. The normalized spacial score (nSPS) is 29.9. The molecular weight excluding hydrogens is 314 g/mol. The molecule has 2 fully saturated rings. The molecule has 2 aliphatic heterocycles. The molecule has 4 nitrogen and oxygen atoms in total. The average Bonchev–Trinajstić information content (AvgIpc) is 2.57. The summed E-state index contributed by atoms with van der Waals surface area (Å²) >= 11 is 0. The van der Waals surface area contributed by atoms with Gasteiger partial charge in [-0.25, -0.2) is 0 Å². The van der Waals surface area contributed by atoms with E-state index in [2.05, 4.69) is 35.2 Å². The maximum absolute atomic E-state index is 11.3. The summed E-state index contributed by atoms with van der Waals surface area (Å²) in [5.41, 5.74) is 0.698. The summed E-state index contributed by atoms with van der Waals surface area (Å²) in [5, 5.41) is 11.3. The maximum Gasteiger partial charge on any atom is 0.160 e. The van der Waals surface area contributed by atoms with E-state index in [1.54, 1.807) is 0 Å². The van der Waals surface area contributed by atoms with E-state index in [0.717, 1.165) is 19.4 Å². The van der Waals surface area contributed by atoms with Crippen molar-refractivity contribution in [3.63, 3.8) is 0 Å². The Morgan fingerprint density at radius 3 is 2.24 bits per heavy atom. The van der Waals surface area contributed by atoms with E-state index >= 15 is 0 Å². The molecule has 0 saturated carbocycles. The number of ether oxygens (including phenoxy) is 2. The molecule has 0 amide bonds. The van der Waals surface area contributed by atoms with E-state index in [-0.39, 0.29) is 6.29 Å². The van der Waals surface area contributed by atoms with Crippen LogP contribution < -0.4 is 0 Å². The van der Waals surface area contributed by atoms with Crippen molar-refractivity contribution in [1.29, 1.82) is 0 Å². The van der Waals surface area contributed by atoms with E-state index in [1.807, 2.05) is 13.8 Å². The lowest BCUT2D eigenvalue weighted by Crippen LogP contribution is -2.58. The third-order valence-corrected chi connectivity index (χ3v) is 5.70. The van der Waals surface area contributed by atoms with Crippen LogP contribution in [0.4, 0.5) is 0 Å². The first-order valence-corrected chi connectivity index (χ1v) is 9.89. The summed E-state index contributed by atoms with van der Waals surface area (Å²) in [7, 11) is 0. The SMILES string of the molecule is CCOC(CC1(O)CC2CCCC(C1)N2Cc1ccccc1)OCC. The molecular formula is C21H33NO3. The number of benzene rings is 1. The van der Waals surface area contributed by atoms with Crippen LogP contribution in [0.25, 0.3) is 0 Å². The predicted molar refractivity (Wildman–Crippen MR) is 99.3 cm³/mol. The third kappa shape index (κ3) is 4.82. The second kappa shape index (κ2) is 8.63. The fraction of sp³-hybridized carbons (Fsp3) is 0.714. The highest BCUT2D eigenvalue weighted by Crippen LogP contribution is 2.42. The molecule has 1 N–H and O–H groups in total. The van der Waals surface area contributed by atoms with Crippen LogP contribution in [0.2, 0.25) is 0 Å². The summed E-state index contributed by atoms with van der Waals surface area (Å²) in [4.78, 5) is 2.63. The third-order valence-electron chi connectivity index (χ3n) is 5.70. The van der Waals surface area contributed by atoms with Gasteiger partial charge in [0.2, 0.25) is 0 Å². The lowest BCUT2D eigenvalue weighted by Gasteiger charge is -2.52. The van der Waals surface area contributed by atoms with E-state index in [4.69, 9.17) is 9.47 Å². The summed E-state index contributed by atoms with van der Waals surface area (Å²) in [6.45, 7) is 6.19. The number of aliphatic hydroxyl groups is 1. The Morgan fingerprint density at radius 1 is 1.08 bits per heavy atom. The molecule has 25 heavy (non-hydrogen) atoms. The van der Waals surface area contributed by atoms with Gasteiger partial charge in [0.1, 0.15) is 0 Å². The standard InChI is InChI=1S/C21H33NO3/c1-3-24-20(25-4-2)15-21(23)13-18-11-8-12-19(14-21)22(18)16-17-9-6-5-7-10-17/h5-7,9-10,18-20,23H,3-4,8,11-16H2,1-2H3. The van der Waals surface area contributed by atoms with Crippen LogP contribution in [-0.4, -0.2) is 47.2 Å². The quantitative estimate of drug-likeness (QED) is 0.728. The average molecular weight is 347 g/mol. The Hall–Kier alpha value is -0.940. The highest BCUT2D eigenvalue weighted by atomic mass is 16.7. The fourth-order valence-corrected chi connectivity index (χ4v) is 4.69. The first-order valence-electron chi connectivity index (χ1n) is 9.89. The van der Waals surface area contributed by atoms with E-state index in [1.165, 1.54) is 24.8 Å². The number of rotatable bonds is 8. The van der Waals surface area contributed by atoms with Crippen molar-refractivity contribution in [3.8, 4) is 0 Å². The molecule has 2 heterocycles. The van der Waals surface area contributed by atoms with Gasteiger partial charge >= 0.3 is 0 Å². The Morgan fingerprint density at radius 2 is 1.68 bits per heavy atom. The monoisotopic (exact) mass is 347 g/mol. The van der Waals surface area contributed by atoms with Crippen LogP contribution in [0.5, 0.6) is 0 Å². The van der Waals surface area contributed by atoms with Crippen molar-refractivity contribution < 1.29 is 14.6 Å². The van der Waals surface area contributed by atoms with Gasteiger partial charge in [-0.05, 0) is 45.1 Å². The van der Waals surface area contributed by atoms with Crippen LogP contribution in [-0.2, 0) is 16.0 Å². The molecule has 2 atom stereocenters. The molecule has 2 saturated heterocycles. The molecule has 2 aliphatic rings. The first kappa shape index (κ1) is 18.8. The molecule has 0 radical (unpaired) electrons. The number of hydrogen-bond donors (Lipinski definition) is 1. The zero-order valence-electron chi connectivity index (χ0n) is 15.7. The van der Waals surface area contributed by atoms with Crippen LogP contribution in [0.3, 0.4) is 0 Å². The molecule has 4 heteroatoms. The van der Waals surface area contributed by atoms with Gasteiger partial charge in [0, 0.05) is 38.3 Å². The summed E-state index contributed by atoms with van der Waals surface area (Å²) in [6.07, 6.45) is 5.58. The number of hydrogen-bond acceptors (Lipinski definition) is 4. The molecule has 0 aromatic heterocycles. The highest BCUT2D eigenvalue weighted by Gasteiger charge is 2.46. The smallest absolute Gasteiger partial charge is 0.160 e. The molecule has 2 unspecified atom stereocenters. The number of piperidine rings is 2. The molecule has 140 valence electrons. The largest absolute Gasteiger partial charge is 0.390 e. The van der Waals surface area contributed by atoms with Crippen LogP contribution in [0.1, 0.15) is 57.9 Å². The second-order valence-electron chi connectivity index (χ2n) is 7.57. The van der Waals surface area contributed by atoms with E-state index in [9.17, 15) is 5.11 Å². The predicted octanol–water partition coefficient (Wildman–Crippen LogP) is 3.72. The second-order valence-corrected chi connectivity index (χ2v) is 7.57. The topological polar surface area (TPSA) is 41.9 Å². The van der Waals surface area contributed by atoms with Crippen LogP contribution in [0.15, 0.2) is 30.3 Å². The lowest BCUT2D eigenvalue weighted by molar-refractivity contribution is -0.188. The summed E-state index contributed by atoms with van der Waals surface area (Å²) in [6, 6.07) is 11.6. The molecule has 1 aromatic rings. The van der Waals surface area contributed by atoms with E-state index in [0.29, 0.717) is 31.7 Å². The lowest BCUT2D eigenvalue weighted by atomic mass is 9.74. The van der Waals surface area contributed by atoms with Crippen molar-refractivity contribution in [1.82, 2.24) is 4.90 Å². The van der Waals surface area contributed by atoms with Gasteiger partial charge in [-0.2, -0.15) is 0 Å². The number of fused-ring (bicyclic) bond motifs is 2. The fourth-order valence-electron chi connectivity index (χ4n) is 4.69. The Kier molecular flexibility index (Phi) is 6.50. The van der Waals surface area contributed by atoms with E-state index < -0.39 is 5.60 Å². The van der Waals surface area contributed by atoms with Gasteiger partial charge in [0.15, 0.2) is 6.29 Å². The highest BCUT2D eigenvalue weighted by molar-refractivity contribution is 5.15. The zero-order chi connectivity index (χ0) is 17.7. The molecule has 2 bridgehead atoms. The van der Waals surface area contributed by atoms with Crippen molar-refractivity contribution in [2.45, 2.75) is 82.9 Å². The van der Waals surface area contributed by atoms with Gasteiger partial charge < -0.3 is 14.6 Å². The summed E-state index contributed by atoms with van der Waals surface area (Å²) < 4.78 is 11.4. The Balaban J connectivity index is 1.67. The first-order chi connectivity index (χ1) is 12.1. The van der Waals surface area contributed by atoms with Gasteiger partial charge in [-0.3, -0.25) is 4.90 Å². The molecule has 0 spiro atoms. The van der Waals surface area contributed by atoms with Gasteiger partial charge in [0.05, 0.1) is 5.60 Å². The van der Waals surface area contributed by atoms with Crippen molar-refractivity contribution in [2.24, 2.45) is 0 Å². The van der Waals surface area contributed by atoms with Crippen molar-refractivity contribution in [3.05, 3.63) is 35.9 Å².